The topological polar surface area (TPSA) is 49.4 Å². The Bertz CT molecular complexity index is 582. The van der Waals surface area contributed by atoms with Gasteiger partial charge < -0.3 is 10.2 Å². The Kier molecular flexibility index (Phi) is 5.68. The molecule has 0 aliphatic carbocycles. The third-order valence-electron chi connectivity index (χ3n) is 5.01. The minimum Gasteiger partial charge on any atom is -0.342 e. The van der Waals surface area contributed by atoms with Gasteiger partial charge in [-0.05, 0) is 56.2 Å². The molecule has 1 fully saturated rings. The lowest BCUT2D eigenvalue weighted by atomic mass is 9.88. The summed E-state index contributed by atoms with van der Waals surface area (Å²) in [5.74, 6) is 0.786. The lowest BCUT2D eigenvalue weighted by Gasteiger charge is -2.35. The molecule has 1 heterocycles. The van der Waals surface area contributed by atoms with Gasteiger partial charge in [-0.2, -0.15) is 0 Å². The molecule has 0 radical (unpaired) electrons. The molecule has 132 valence electrons. The summed E-state index contributed by atoms with van der Waals surface area (Å²) >= 11 is 0. The molecule has 0 unspecified atom stereocenters. The van der Waals surface area contributed by atoms with Crippen molar-refractivity contribution in [1.82, 2.24) is 4.90 Å². The SMILES string of the molecule is CC1CCN(C(=O)C(C)(C)C(=O)Nc2ccc(C(C)C)cc2)CC1. The zero-order valence-electron chi connectivity index (χ0n) is 15.6. The fourth-order valence-corrected chi connectivity index (χ4v) is 2.94. The highest BCUT2D eigenvalue weighted by Gasteiger charge is 2.39. The summed E-state index contributed by atoms with van der Waals surface area (Å²) in [4.78, 5) is 27.2. The summed E-state index contributed by atoms with van der Waals surface area (Å²) in [5.41, 5.74) is 0.903. The van der Waals surface area contributed by atoms with E-state index in [1.54, 1.807) is 13.8 Å². The van der Waals surface area contributed by atoms with E-state index in [-0.39, 0.29) is 11.8 Å². The van der Waals surface area contributed by atoms with Crippen molar-refractivity contribution in [2.75, 3.05) is 18.4 Å². The molecule has 1 saturated heterocycles. The van der Waals surface area contributed by atoms with Gasteiger partial charge >= 0.3 is 0 Å². The number of rotatable bonds is 4. The summed E-state index contributed by atoms with van der Waals surface area (Å²) in [5, 5.41) is 2.89. The van der Waals surface area contributed by atoms with Crippen molar-refractivity contribution in [2.45, 2.75) is 53.4 Å². The number of nitrogens with one attached hydrogen (secondary N) is 1. The summed E-state index contributed by atoms with van der Waals surface area (Å²) < 4.78 is 0. The van der Waals surface area contributed by atoms with Crippen LogP contribution in [0, 0.1) is 11.3 Å². The number of amides is 2. The predicted molar refractivity (Wildman–Crippen MR) is 97.9 cm³/mol. The molecule has 1 aliphatic rings. The molecular weight excluding hydrogens is 300 g/mol. The van der Waals surface area contributed by atoms with E-state index in [0.717, 1.165) is 31.6 Å². The number of benzene rings is 1. The van der Waals surface area contributed by atoms with Crippen molar-refractivity contribution in [3.05, 3.63) is 29.8 Å². The monoisotopic (exact) mass is 330 g/mol. The molecule has 0 atom stereocenters. The van der Waals surface area contributed by atoms with Crippen LogP contribution in [0.15, 0.2) is 24.3 Å². The fourth-order valence-electron chi connectivity index (χ4n) is 2.94. The number of carbonyl (C=O) groups excluding carboxylic acids is 2. The van der Waals surface area contributed by atoms with Crippen LogP contribution in [0.3, 0.4) is 0 Å². The Morgan fingerprint density at radius 2 is 1.67 bits per heavy atom. The highest BCUT2D eigenvalue weighted by molar-refractivity contribution is 6.09. The van der Waals surface area contributed by atoms with Gasteiger partial charge in [-0.3, -0.25) is 9.59 Å². The Morgan fingerprint density at radius 1 is 1.12 bits per heavy atom. The van der Waals surface area contributed by atoms with E-state index < -0.39 is 5.41 Å². The van der Waals surface area contributed by atoms with Crippen LogP contribution < -0.4 is 5.32 Å². The smallest absolute Gasteiger partial charge is 0.239 e. The zero-order valence-corrected chi connectivity index (χ0v) is 15.6. The van der Waals surface area contributed by atoms with E-state index in [2.05, 4.69) is 26.1 Å². The van der Waals surface area contributed by atoms with Crippen molar-refractivity contribution >= 4 is 17.5 Å². The van der Waals surface area contributed by atoms with Crippen molar-refractivity contribution in [2.24, 2.45) is 11.3 Å². The summed E-state index contributed by atoms with van der Waals surface area (Å²) in [7, 11) is 0. The first-order valence-corrected chi connectivity index (χ1v) is 8.92. The number of carbonyl (C=O) groups is 2. The second-order valence-corrected chi connectivity index (χ2v) is 7.83. The lowest BCUT2D eigenvalue weighted by molar-refractivity contribution is -0.147. The van der Waals surface area contributed by atoms with Crippen molar-refractivity contribution in [1.29, 1.82) is 0 Å². The predicted octanol–water partition coefficient (Wildman–Crippen LogP) is 4.03. The minimum absolute atomic E-state index is 0.0781. The largest absolute Gasteiger partial charge is 0.342 e. The van der Waals surface area contributed by atoms with Crippen LogP contribution in [-0.2, 0) is 9.59 Å². The van der Waals surface area contributed by atoms with E-state index in [1.165, 1.54) is 5.56 Å². The molecule has 0 aromatic heterocycles. The number of likely N-dealkylation sites (tertiary alicyclic amines) is 1. The van der Waals surface area contributed by atoms with E-state index >= 15 is 0 Å². The number of nitrogens with zero attached hydrogens (tertiary/aromatic N) is 1. The van der Waals surface area contributed by atoms with Gasteiger partial charge in [0.15, 0.2) is 0 Å². The third-order valence-corrected chi connectivity index (χ3v) is 5.01. The summed E-state index contributed by atoms with van der Waals surface area (Å²) in [6.45, 7) is 11.4. The number of hydrogen-bond donors (Lipinski definition) is 1. The molecule has 1 aromatic carbocycles. The van der Waals surface area contributed by atoms with Crippen molar-refractivity contribution in [3.63, 3.8) is 0 Å². The molecule has 1 aromatic rings. The number of piperidine rings is 1. The second-order valence-electron chi connectivity index (χ2n) is 7.83. The van der Waals surface area contributed by atoms with Crippen LogP contribution >= 0.6 is 0 Å². The molecule has 4 heteroatoms. The van der Waals surface area contributed by atoms with Gasteiger partial charge in [0.1, 0.15) is 5.41 Å². The maximum atomic E-state index is 12.8. The molecule has 1 aliphatic heterocycles. The summed E-state index contributed by atoms with van der Waals surface area (Å²) in [6.07, 6.45) is 2.03. The van der Waals surface area contributed by atoms with Gasteiger partial charge in [-0.25, -0.2) is 0 Å². The Morgan fingerprint density at radius 3 is 2.17 bits per heavy atom. The van der Waals surface area contributed by atoms with Crippen LogP contribution in [-0.4, -0.2) is 29.8 Å². The highest BCUT2D eigenvalue weighted by Crippen LogP contribution is 2.26. The van der Waals surface area contributed by atoms with Crippen LogP contribution in [0.5, 0.6) is 0 Å². The second kappa shape index (κ2) is 7.37. The number of anilines is 1. The molecule has 1 N–H and O–H groups in total. The zero-order chi connectivity index (χ0) is 17.9. The van der Waals surface area contributed by atoms with E-state index in [0.29, 0.717) is 11.8 Å². The molecule has 2 amide bonds. The molecule has 0 spiro atoms. The summed E-state index contributed by atoms with van der Waals surface area (Å²) in [6, 6.07) is 7.83. The van der Waals surface area contributed by atoms with Gasteiger partial charge in [-0.1, -0.05) is 32.9 Å². The van der Waals surface area contributed by atoms with Gasteiger partial charge in [0.05, 0.1) is 0 Å². The van der Waals surface area contributed by atoms with E-state index in [1.807, 2.05) is 29.2 Å². The third kappa shape index (κ3) is 4.16. The standard InChI is InChI=1S/C20H30N2O2/c1-14(2)16-6-8-17(9-7-16)21-18(23)20(4,5)19(24)22-12-10-15(3)11-13-22/h6-9,14-15H,10-13H2,1-5H3,(H,21,23). The fraction of sp³-hybridized carbons (Fsp3) is 0.600. The van der Waals surface area contributed by atoms with Crippen LogP contribution in [0.1, 0.15) is 58.9 Å². The van der Waals surface area contributed by atoms with Gasteiger partial charge in [0.2, 0.25) is 11.8 Å². The van der Waals surface area contributed by atoms with Crippen LogP contribution in [0.4, 0.5) is 5.69 Å². The maximum Gasteiger partial charge on any atom is 0.239 e. The van der Waals surface area contributed by atoms with E-state index in [9.17, 15) is 9.59 Å². The van der Waals surface area contributed by atoms with Crippen LogP contribution in [0.2, 0.25) is 0 Å². The van der Waals surface area contributed by atoms with Gasteiger partial charge in [0, 0.05) is 18.8 Å². The van der Waals surface area contributed by atoms with Crippen LogP contribution in [0.25, 0.3) is 0 Å². The van der Waals surface area contributed by atoms with Crippen molar-refractivity contribution in [3.8, 4) is 0 Å². The Balaban J connectivity index is 2.02. The van der Waals surface area contributed by atoms with Gasteiger partial charge in [-0.15, -0.1) is 0 Å². The number of hydrogen-bond acceptors (Lipinski definition) is 2. The Labute approximate surface area is 145 Å². The molecule has 2 rings (SSSR count). The quantitative estimate of drug-likeness (QED) is 0.847. The van der Waals surface area contributed by atoms with E-state index in [4.69, 9.17) is 0 Å². The van der Waals surface area contributed by atoms with Gasteiger partial charge in [0.25, 0.3) is 0 Å². The lowest BCUT2D eigenvalue weighted by Crippen LogP contribution is -2.49. The molecule has 0 bridgehead atoms. The first kappa shape index (κ1) is 18.5. The first-order chi connectivity index (χ1) is 11.2. The molecule has 4 nitrogen and oxygen atoms in total. The first-order valence-electron chi connectivity index (χ1n) is 8.92. The molecular formula is C20H30N2O2. The maximum absolute atomic E-state index is 12.8. The average molecular weight is 330 g/mol. The molecule has 0 saturated carbocycles. The average Bonchev–Trinajstić information content (AvgIpc) is 2.55. The highest BCUT2D eigenvalue weighted by atomic mass is 16.2. The molecule has 24 heavy (non-hydrogen) atoms. The Hall–Kier alpha value is -1.84. The van der Waals surface area contributed by atoms with Crippen molar-refractivity contribution < 1.29 is 9.59 Å². The normalized spacial score (nSPS) is 16.3. The minimum atomic E-state index is -1.06.